The molecule has 0 aromatic heterocycles. The molecule has 8 nitrogen and oxygen atoms in total. The topological polar surface area (TPSA) is 127 Å². The van der Waals surface area contributed by atoms with Gasteiger partial charge in [-0.2, -0.15) is 0 Å². The molecule has 14 heavy (non-hydrogen) atoms. The summed E-state index contributed by atoms with van der Waals surface area (Å²) >= 11 is 0. The molecule has 1 aromatic carbocycles. The van der Waals surface area contributed by atoms with Gasteiger partial charge >= 0.3 is 11.4 Å². The minimum absolute atomic E-state index is 0.484. The van der Waals surface area contributed by atoms with E-state index in [1.165, 1.54) is 12.1 Å². The lowest BCUT2D eigenvalue weighted by atomic mass is 10.3. The third-order valence-electron chi connectivity index (χ3n) is 1.28. The first kappa shape index (κ1) is 11.9. The van der Waals surface area contributed by atoms with Crippen LogP contribution in [0.25, 0.3) is 0 Å². The summed E-state index contributed by atoms with van der Waals surface area (Å²) in [5, 5.41) is 32.5. The van der Waals surface area contributed by atoms with Gasteiger partial charge in [0.2, 0.25) is 0 Å². The maximum Gasteiger partial charge on any atom is 0.346 e. The molecule has 76 valence electrons. The number of nitro benzene ring substituents is 2. The molecule has 1 rings (SSSR count). The standard InChI is InChI=1S/C6H4N2O4.H2O2/c9-7(10)5-3-1-2-4-6(5)8(11)12;1-2/h1-4H;1-2H. The van der Waals surface area contributed by atoms with Gasteiger partial charge in [0.05, 0.1) is 9.85 Å². The van der Waals surface area contributed by atoms with Crippen LogP contribution in [0.15, 0.2) is 24.3 Å². The molecule has 0 aliphatic rings. The third kappa shape index (κ3) is 2.77. The molecule has 0 unspecified atom stereocenters. The minimum atomic E-state index is -0.780. The molecule has 0 spiro atoms. The molecule has 0 saturated heterocycles. The van der Waals surface area contributed by atoms with Crippen LogP contribution < -0.4 is 0 Å². The molecule has 0 radical (unpaired) electrons. The monoisotopic (exact) mass is 202 g/mol. The predicted molar refractivity (Wildman–Crippen MR) is 45.0 cm³/mol. The van der Waals surface area contributed by atoms with E-state index in [4.69, 9.17) is 10.5 Å². The van der Waals surface area contributed by atoms with E-state index in [1.807, 2.05) is 0 Å². The van der Waals surface area contributed by atoms with Gasteiger partial charge in [-0.25, -0.2) is 0 Å². The van der Waals surface area contributed by atoms with Crippen LogP contribution in [-0.2, 0) is 0 Å². The number of hydrogen-bond donors (Lipinski definition) is 2. The first-order valence-corrected chi connectivity index (χ1v) is 3.20. The molecule has 0 heterocycles. The van der Waals surface area contributed by atoms with E-state index >= 15 is 0 Å². The van der Waals surface area contributed by atoms with Crippen LogP contribution >= 0.6 is 0 Å². The lowest BCUT2D eigenvalue weighted by Gasteiger charge is -1.91. The molecule has 0 bridgehead atoms. The second-order valence-corrected chi connectivity index (χ2v) is 2.00. The van der Waals surface area contributed by atoms with E-state index in [9.17, 15) is 20.2 Å². The molecular weight excluding hydrogens is 196 g/mol. The Labute approximate surface area is 77.3 Å². The van der Waals surface area contributed by atoms with Gasteiger partial charge in [0.1, 0.15) is 0 Å². The number of hydrogen-bond acceptors (Lipinski definition) is 6. The highest BCUT2D eigenvalue weighted by molar-refractivity contribution is 5.51. The Morgan fingerprint density at radius 2 is 1.21 bits per heavy atom. The quantitative estimate of drug-likeness (QED) is 0.425. The zero-order valence-electron chi connectivity index (χ0n) is 6.73. The van der Waals surface area contributed by atoms with Crippen LogP contribution in [0.3, 0.4) is 0 Å². The Bertz CT molecular complexity index is 306. The number of benzene rings is 1. The lowest BCUT2D eigenvalue weighted by molar-refractivity contribution is -0.422. The highest BCUT2D eigenvalue weighted by Gasteiger charge is 2.21. The van der Waals surface area contributed by atoms with Crippen molar-refractivity contribution in [3.63, 3.8) is 0 Å². The molecule has 0 fully saturated rings. The van der Waals surface area contributed by atoms with Crippen LogP contribution in [0, 0.1) is 20.2 Å². The summed E-state index contributed by atoms with van der Waals surface area (Å²) in [5.74, 6) is 0. The molecule has 0 atom stereocenters. The number of nitrogens with zero attached hydrogens (tertiary/aromatic N) is 2. The van der Waals surface area contributed by atoms with Gasteiger partial charge in [0.15, 0.2) is 0 Å². The van der Waals surface area contributed by atoms with Gasteiger partial charge in [0, 0.05) is 12.1 Å². The van der Waals surface area contributed by atoms with Crippen LogP contribution in [0.5, 0.6) is 0 Å². The van der Waals surface area contributed by atoms with Crippen molar-refractivity contribution in [2.24, 2.45) is 0 Å². The van der Waals surface area contributed by atoms with Gasteiger partial charge in [-0.05, 0) is 0 Å². The Morgan fingerprint density at radius 1 is 0.929 bits per heavy atom. The minimum Gasteiger partial charge on any atom is -0.258 e. The number of rotatable bonds is 2. The van der Waals surface area contributed by atoms with Crippen LogP contribution in [0.1, 0.15) is 0 Å². The second-order valence-electron chi connectivity index (χ2n) is 2.00. The Hall–Kier alpha value is -2.06. The van der Waals surface area contributed by atoms with Gasteiger partial charge < -0.3 is 0 Å². The molecular formula is C6H6N2O6. The normalized spacial score (nSPS) is 8.43. The highest BCUT2D eigenvalue weighted by atomic mass is 17.0. The summed E-state index contributed by atoms with van der Waals surface area (Å²) < 4.78 is 0. The summed E-state index contributed by atoms with van der Waals surface area (Å²) in [7, 11) is 0. The molecule has 0 saturated carbocycles. The van der Waals surface area contributed by atoms with Crippen molar-refractivity contribution >= 4 is 11.4 Å². The van der Waals surface area contributed by atoms with E-state index in [2.05, 4.69) is 0 Å². The Balaban J connectivity index is 0.000000791. The number of nitro groups is 2. The summed E-state index contributed by atoms with van der Waals surface area (Å²) in [6, 6.07) is 4.95. The summed E-state index contributed by atoms with van der Waals surface area (Å²) in [4.78, 5) is 18.9. The first-order chi connectivity index (χ1) is 6.63. The molecule has 0 aliphatic carbocycles. The van der Waals surface area contributed by atoms with E-state index in [-0.39, 0.29) is 0 Å². The zero-order chi connectivity index (χ0) is 11.1. The Kier molecular flexibility index (Phi) is 4.74. The van der Waals surface area contributed by atoms with Crippen LogP contribution in [0.4, 0.5) is 11.4 Å². The van der Waals surface area contributed by atoms with Gasteiger partial charge in [0.25, 0.3) is 0 Å². The van der Waals surface area contributed by atoms with Crippen molar-refractivity contribution in [1.82, 2.24) is 0 Å². The van der Waals surface area contributed by atoms with E-state index in [1.54, 1.807) is 0 Å². The molecule has 2 N–H and O–H groups in total. The highest BCUT2D eigenvalue weighted by Crippen LogP contribution is 2.24. The fraction of sp³-hybridized carbons (Fsp3) is 0. The maximum atomic E-state index is 10.2. The van der Waals surface area contributed by atoms with Crippen molar-refractivity contribution in [1.29, 1.82) is 0 Å². The van der Waals surface area contributed by atoms with Crippen LogP contribution in [-0.4, -0.2) is 20.4 Å². The van der Waals surface area contributed by atoms with Gasteiger partial charge in [-0.1, -0.05) is 12.1 Å². The summed E-state index contributed by atoms with van der Waals surface area (Å²) in [5.41, 5.74) is -0.968. The second kappa shape index (κ2) is 5.56. The smallest absolute Gasteiger partial charge is 0.258 e. The average Bonchev–Trinajstić information content (AvgIpc) is 2.20. The largest absolute Gasteiger partial charge is 0.346 e. The number of para-hydroxylation sites is 2. The van der Waals surface area contributed by atoms with Gasteiger partial charge in [-0.3, -0.25) is 30.7 Å². The van der Waals surface area contributed by atoms with Crippen molar-refractivity contribution < 1.29 is 20.4 Å². The fourth-order valence-electron chi connectivity index (χ4n) is 0.773. The molecule has 0 amide bonds. The first-order valence-electron chi connectivity index (χ1n) is 3.20. The molecule has 0 aliphatic heterocycles. The van der Waals surface area contributed by atoms with Gasteiger partial charge in [-0.15, -0.1) is 0 Å². The van der Waals surface area contributed by atoms with Crippen LogP contribution in [0.2, 0.25) is 0 Å². The van der Waals surface area contributed by atoms with Crippen molar-refractivity contribution in [2.75, 3.05) is 0 Å². The zero-order valence-corrected chi connectivity index (χ0v) is 6.73. The summed E-state index contributed by atoms with van der Waals surface area (Å²) in [6.45, 7) is 0. The Morgan fingerprint density at radius 3 is 1.43 bits per heavy atom. The predicted octanol–water partition coefficient (Wildman–Crippen LogP) is 1.52. The fourth-order valence-corrected chi connectivity index (χ4v) is 0.773. The third-order valence-corrected chi connectivity index (χ3v) is 1.28. The van der Waals surface area contributed by atoms with Crippen molar-refractivity contribution in [3.8, 4) is 0 Å². The van der Waals surface area contributed by atoms with E-state index in [0.29, 0.717) is 0 Å². The SMILES string of the molecule is O=[N+]([O-])c1ccccc1[N+](=O)[O-].OO. The van der Waals surface area contributed by atoms with Crippen molar-refractivity contribution in [2.45, 2.75) is 0 Å². The van der Waals surface area contributed by atoms with Crippen molar-refractivity contribution in [3.05, 3.63) is 44.5 Å². The molecule has 8 heteroatoms. The lowest BCUT2D eigenvalue weighted by Crippen LogP contribution is -1.95. The van der Waals surface area contributed by atoms with E-state index < -0.39 is 21.2 Å². The maximum absolute atomic E-state index is 10.2. The average molecular weight is 202 g/mol. The summed E-state index contributed by atoms with van der Waals surface area (Å²) in [6.07, 6.45) is 0. The molecule has 1 aromatic rings. The van der Waals surface area contributed by atoms with E-state index in [0.717, 1.165) is 12.1 Å².